The Bertz CT molecular complexity index is 1060. The van der Waals surface area contributed by atoms with Gasteiger partial charge in [-0.3, -0.25) is 4.98 Å². The summed E-state index contributed by atoms with van der Waals surface area (Å²) in [5, 5.41) is 4.30. The number of nitrogens with zero attached hydrogens (tertiary/aromatic N) is 3. The summed E-state index contributed by atoms with van der Waals surface area (Å²) >= 11 is 5.87. The van der Waals surface area contributed by atoms with Crippen LogP contribution in [0.5, 0.6) is 0 Å². The number of pyridine rings is 1. The maximum absolute atomic E-state index is 5.94. The first-order chi connectivity index (χ1) is 15.6. The molecule has 0 radical (unpaired) electrons. The molecule has 2 fully saturated rings. The lowest BCUT2D eigenvalue weighted by atomic mass is 9.99. The second-order valence-electron chi connectivity index (χ2n) is 8.96. The zero-order valence-electron chi connectivity index (χ0n) is 18.6. The Hall–Kier alpha value is -2.70. The largest absolute Gasteiger partial charge is 0.376 e. The van der Waals surface area contributed by atoms with Crippen LogP contribution < -0.4 is 10.2 Å². The van der Waals surface area contributed by atoms with Gasteiger partial charge in [0.15, 0.2) is 5.11 Å². The van der Waals surface area contributed by atoms with E-state index in [4.69, 9.17) is 17.0 Å². The molecule has 32 heavy (non-hydrogen) atoms. The van der Waals surface area contributed by atoms with Crippen LogP contribution in [0, 0.1) is 0 Å². The summed E-state index contributed by atoms with van der Waals surface area (Å²) < 4.78 is 8.27. The maximum atomic E-state index is 5.94. The van der Waals surface area contributed by atoms with Crippen molar-refractivity contribution < 1.29 is 4.74 Å². The van der Waals surface area contributed by atoms with E-state index in [1.54, 1.807) is 0 Å². The highest BCUT2D eigenvalue weighted by atomic mass is 32.1. The summed E-state index contributed by atoms with van der Waals surface area (Å²) in [6, 6.07) is 19.1. The van der Waals surface area contributed by atoms with Crippen molar-refractivity contribution in [2.75, 3.05) is 11.5 Å². The molecular formula is C26H30N4OS. The molecule has 0 amide bonds. The van der Waals surface area contributed by atoms with E-state index in [9.17, 15) is 0 Å². The quantitative estimate of drug-likeness (QED) is 0.516. The fourth-order valence-electron chi connectivity index (χ4n) is 4.82. The van der Waals surface area contributed by atoms with Crippen LogP contribution in [0.2, 0.25) is 0 Å². The molecule has 4 heterocycles. The molecule has 5 nitrogen and oxygen atoms in total. The van der Waals surface area contributed by atoms with Gasteiger partial charge in [0, 0.05) is 36.9 Å². The van der Waals surface area contributed by atoms with Crippen molar-refractivity contribution in [1.29, 1.82) is 0 Å². The van der Waals surface area contributed by atoms with Crippen molar-refractivity contribution in [3.8, 4) is 0 Å². The minimum absolute atomic E-state index is 0.00120. The number of nitrogens with one attached hydrogen (secondary N) is 1. The summed E-state index contributed by atoms with van der Waals surface area (Å²) in [7, 11) is 0. The molecule has 166 valence electrons. The zero-order chi connectivity index (χ0) is 22.1. The summed E-state index contributed by atoms with van der Waals surface area (Å²) in [4.78, 5) is 6.92. The van der Waals surface area contributed by atoms with Crippen molar-refractivity contribution in [3.63, 3.8) is 0 Å². The first-order valence-corrected chi connectivity index (χ1v) is 11.9. The first kappa shape index (κ1) is 21.2. The SMILES string of the molecule is CC(C)c1ccc(N2C(=S)N[C@H](c3ccccn3)[C@@H]2c2cccn2C[C@@H]2CCCO2)cc1. The monoisotopic (exact) mass is 446 g/mol. The Morgan fingerprint density at radius 2 is 1.97 bits per heavy atom. The Labute approximate surface area is 195 Å². The van der Waals surface area contributed by atoms with Crippen LogP contribution in [-0.4, -0.2) is 27.4 Å². The molecule has 0 aliphatic carbocycles. The molecule has 0 spiro atoms. The van der Waals surface area contributed by atoms with Gasteiger partial charge in [-0.25, -0.2) is 0 Å². The fraction of sp³-hybridized carbons (Fsp3) is 0.385. The van der Waals surface area contributed by atoms with Gasteiger partial charge < -0.3 is 19.5 Å². The molecule has 3 aromatic rings. The highest BCUT2D eigenvalue weighted by Gasteiger charge is 2.42. The lowest BCUT2D eigenvalue weighted by Gasteiger charge is -2.29. The second kappa shape index (κ2) is 9.04. The summed E-state index contributed by atoms with van der Waals surface area (Å²) in [6.45, 7) is 6.16. The average molecular weight is 447 g/mol. The van der Waals surface area contributed by atoms with Crippen molar-refractivity contribution in [1.82, 2.24) is 14.9 Å². The maximum Gasteiger partial charge on any atom is 0.174 e. The third kappa shape index (κ3) is 4.05. The van der Waals surface area contributed by atoms with Gasteiger partial charge in [0.2, 0.25) is 0 Å². The highest BCUT2D eigenvalue weighted by molar-refractivity contribution is 7.80. The number of ether oxygens (including phenoxy) is 1. The first-order valence-electron chi connectivity index (χ1n) is 11.5. The van der Waals surface area contributed by atoms with Gasteiger partial charge >= 0.3 is 0 Å². The van der Waals surface area contributed by atoms with Gasteiger partial charge in [0.05, 0.1) is 17.8 Å². The van der Waals surface area contributed by atoms with Crippen LogP contribution in [0.15, 0.2) is 67.0 Å². The number of thiocarbonyl (C=S) groups is 1. The van der Waals surface area contributed by atoms with E-state index in [0.29, 0.717) is 5.92 Å². The third-order valence-electron chi connectivity index (χ3n) is 6.53. The van der Waals surface area contributed by atoms with Crippen molar-refractivity contribution in [2.24, 2.45) is 0 Å². The van der Waals surface area contributed by atoms with Crippen molar-refractivity contribution >= 4 is 23.0 Å². The van der Waals surface area contributed by atoms with E-state index in [2.05, 4.69) is 82.3 Å². The van der Waals surface area contributed by atoms with Gasteiger partial charge in [0.1, 0.15) is 6.04 Å². The number of aromatic nitrogens is 2. The standard InChI is InChI=1S/C26H30N4OS/c1-18(2)19-10-12-20(13-11-19)30-25(24(28-26(30)32)22-8-3-4-14-27-22)23-9-5-15-29(23)17-21-7-6-16-31-21/h3-5,8-15,18,21,24-25H,6-7,16-17H2,1-2H3,(H,28,32)/t21-,24+,25-/m0/s1. The van der Waals surface area contributed by atoms with Crippen LogP contribution in [0.1, 0.15) is 61.6 Å². The molecular weight excluding hydrogens is 416 g/mol. The molecule has 2 aromatic heterocycles. The second-order valence-corrected chi connectivity index (χ2v) is 9.35. The van der Waals surface area contributed by atoms with E-state index in [1.807, 2.05) is 18.3 Å². The third-order valence-corrected chi connectivity index (χ3v) is 6.84. The van der Waals surface area contributed by atoms with Crippen LogP contribution in [0.3, 0.4) is 0 Å². The molecule has 1 N–H and O–H groups in total. The molecule has 1 aromatic carbocycles. The molecule has 0 bridgehead atoms. The molecule has 2 saturated heterocycles. The van der Waals surface area contributed by atoms with Crippen LogP contribution in [0.4, 0.5) is 5.69 Å². The molecule has 2 aliphatic heterocycles. The summed E-state index contributed by atoms with van der Waals surface area (Å²) in [5.74, 6) is 0.494. The zero-order valence-corrected chi connectivity index (χ0v) is 19.5. The smallest absolute Gasteiger partial charge is 0.174 e. The minimum Gasteiger partial charge on any atom is -0.376 e. The lowest BCUT2D eigenvalue weighted by molar-refractivity contribution is 0.0961. The molecule has 6 heteroatoms. The van der Waals surface area contributed by atoms with Crippen molar-refractivity contribution in [2.45, 2.75) is 57.3 Å². The normalized spacial score (nSPS) is 23.2. The van der Waals surface area contributed by atoms with Gasteiger partial charge in [-0.05, 0) is 72.9 Å². The van der Waals surface area contributed by atoms with Gasteiger partial charge in [-0.2, -0.15) is 0 Å². The van der Waals surface area contributed by atoms with E-state index in [1.165, 1.54) is 11.3 Å². The number of rotatable bonds is 6. The summed E-state index contributed by atoms with van der Waals surface area (Å²) in [5.41, 5.74) is 4.63. The van der Waals surface area contributed by atoms with E-state index in [-0.39, 0.29) is 18.2 Å². The summed E-state index contributed by atoms with van der Waals surface area (Å²) in [6.07, 6.45) is 6.54. The number of benzene rings is 1. The Kier molecular flexibility index (Phi) is 5.98. The van der Waals surface area contributed by atoms with E-state index >= 15 is 0 Å². The van der Waals surface area contributed by atoms with Gasteiger partial charge in [-0.15, -0.1) is 0 Å². The van der Waals surface area contributed by atoms with Crippen LogP contribution in [-0.2, 0) is 11.3 Å². The minimum atomic E-state index is -0.0355. The molecule has 2 aliphatic rings. The number of hydrogen-bond donors (Lipinski definition) is 1. The predicted octanol–water partition coefficient (Wildman–Crippen LogP) is 5.36. The molecule has 0 unspecified atom stereocenters. The van der Waals surface area contributed by atoms with Crippen LogP contribution >= 0.6 is 12.2 Å². The highest BCUT2D eigenvalue weighted by Crippen LogP contribution is 2.42. The average Bonchev–Trinajstić information content (AvgIpc) is 3.55. The molecule has 0 saturated carbocycles. The Morgan fingerprint density at radius 1 is 1.12 bits per heavy atom. The fourth-order valence-corrected chi connectivity index (χ4v) is 5.17. The topological polar surface area (TPSA) is 42.3 Å². The Balaban J connectivity index is 1.55. The van der Waals surface area contributed by atoms with Crippen LogP contribution in [0.25, 0.3) is 0 Å². The van der Waals surface area contributed by atoms with Gasteiger partial charge in [0.25, 0.3) is 0 Å². The number of anilines is 1. The molecule has 3 atom stereocenters. The lowest BCUT2D eigenvalue weighted by Crippen LogP contribution is -2.31. The number of hydrogen-bond acceptors (Lipinski definition) is 3. The van der Waals surface area contributed by atoms with Crippen molar-refractivity contribution in [3.05, 3.63) is 83.9 Å². The Morgan fingerprint density at radius 3 is 2.66 bits per heavy atom. The van der Waals surface area contributed by atoms with E-state index in [0.717, 1.165) is 42.5 Å². The van der Waals surface area contributed by atoms with E-state index < -0.39 is 0 Å². The molecule has 5 rings (SSSR count). The van der Waals surface area contributed by atoms with Gasteiger partial charge in [-0.1, -0.05) is 32.0 Å². The predicted molar refractivity (Wildman–Crippen MR) is 132 cm³/mol.